The van der Waals surface area contributed by atoms with Crippen LogP contribution in [0.1, 0.15) is 0 Å². The van der Waals surface area contributed by atoms with Gasteiger partial charge >= 0.3 is 0 Å². The summed E-state index contributed by atoms with van der Waals surface area (Å²) in [6.07, 6.45) is 1.49. The quantitative estimate of drug-likeness (QED) is 0.876. The number of likely N-dealkylation sites (N-methyl/N-ethyl adjacent to an activating group) is 1. The first-order valence-corrected chi connectivity index (χ1v) is 7.76. The Labute approximate surface area is 135 Å². The molecule has 0 aliphatic carbocycles. The predicted molar refractivity (Wildman–Crippen MR) is 88.9 cm³/mol. The number of hydrogen-bond acceptors (Lipinski definition) is 7. The molecule has 0 atom stereocenters. The molecule has 0 saturated carbocycles. The van der Waals surface area contributed by atoms with Gasteiger partial charge in [-0.15, -0.1) is 0 Å². The summed E-state index contributed by atoms with van der Waals surface area (Å²) >= 11 is 0. The van der Waals surface area contributed by atoms with Crippen LogP contribution in [0.15, 0.2) is 18.5 Å². The fourth-order valence-electron chi connectivity index (χ4n) is 3.65. The molecule has 4 rings (SSSR count). The summed E-state index contributed by atoms with van der Waals surface area (Å²) in [6.45, 7) is 4.35. The van der Waals surface area contributed by atoms with Crippen LogP contribution in [-0.4, -0.2) is 67.4 Å². The highest BCUT2D eigenvalue weighted by molar-refractivity contribution is 6.02. The topological polar surface area (TPSA) is 76.7 Å². The number of aromatic nitrogens is 2. The zero-order valence-electron chi connectivity index (χ0n) is 13.5. The maximum Gasteiger partial charge on any atom is 0.143 e. The molecule has 2 aromatic rings. The highest BCUT2D eigenvalue weighted by Gasteiger charge is 2.47. The molecule has 2 saturated heterocycles. The summed E-state index contributed by atoms with van der Waals surface area (Å²) < 4.78 is 11.6. The van der Waals surface area contributed by atoms with Gasteiger partial charge in [0.25, 0.3) is 0 Å². The molecular weight excluding hydrogens is 294 g/mol. The Kier molecular flexibility index (Phi) is 3.28. The molecule has 7 nitrogen and oxygen atoms in total. The average molecular weight is 315 g/mol. The molecule has 0 bridgehead atoms. The number of ether oxygens (including phenoxy) is 2. The molecule has 2 fully saturated rings. The van der Waals surface area contributed by atoms with Crippen LogP contribution >= 0.6 is 0 Å². The van der Waals surface area contributed by atoms with E-state index in [0.29, 0.717) is 5.82 Å². The largest absolute Gasteiger partial charge is 0.495 e. The van der Waals surface area contributed by atoms with Crippen molar-refractivity contribution in [3.63, 3.8) is 0 Å². The van der Waals surface area contributed by atoms with Crippen molar-refractivity contribution in [2.24, 2.45) is 0 Å². The molecule has 1 aromatic heterocycles. The summed E-state index contributed by atoms with van der Waals surface area (Å²) in [5.74, 6) is 1.27. The van der Waals surface area contributed by atoms with Crippen molar-refractivity contribution in [1.82, 2.24) is 14.9 Å². The Hall–Kier alpha value is -2.12. The van der Waals surface area contributed by atoms with Gasteiger partial charge in [0.05, 0.1) is 43.4 Å². The van der Waals surface area contributed by atoms with Crippen molar-refractivity contribution in [2.75, 3.05) is 57.6 Å². The lowest BCUT2D eigenvalue weighted by Gasteiger charge is -2.54. The molecular formula is C16H21N5O2. The second-order valence-electron chi connectivity index (χ2n) is 6.39. The average Bonchev–Trinajstić information content (AvgIpc) is 2.52. The van der Waals surface area contributed by atoms with Crippen LogP contribution in [-0.2, 0) is 4.74 Å². The fourth-order valence-corrected chi connectivity index (χ4v) is 3.65. The number of hydrogen-bond donors (Lipinski definition) is 1. The molecule has 2 N–H and O–H groups in total. The van der Waals surface area contributed by atoms with Crippen LogP contribution in [0.2, 0.25) is 0 Å². The van der Waals surface area contributed by atoms with E-state index in [-0.39, 0.29) is 5.60 Å². The van der Waals surface area contributed by atoms with Crippen LogP contribution in [0, 0.1) is 0 Å². The first kappa shape index (κ1) is 14.5. The van der Waals surface area contributed by atoms with Crippen LogP contribution in [0.25, 0.3) is 10.9 Å². The van der Waals surface area contributed by atoms with Gasteiger partial charge in [-0.25, -0.2) is 9.97 Å². The Morgan fingerprint density at radius 3 is 2.83 bits per heavy atom. The first-order chi connectivity index (χ1) is 11.1. The van der Waals surface area contributed by atoms with E-state index in [1.165, 1.54) is 6.33 Å². The van der Waals surface area contributed by atoms with Crippen molar-refractivity contribution in [3.8, 4) is 5.75 Å². The Morgan fingerprint density at radius 2 is 2.09 bits per heavy atom. The number of morpholine rings is 1. The Morgan fingerprint density at radius 1 is 1.26 bits per heavy atom. The van der Waals surface area contributed by atoms with E-state index in [4.69, 9.17) is 15.2 Å². The highest BCUT2D eigenvalue weighted by atomic mass is 16.5. The number of methoxy groups -OCH3 is 1. The third-order valence-electron chi connectivity index (χ3n) is 4.70. The third kappa shape index (κ3) is 2.27. The van der Waals surface area contributed by atoms with Crippen molar-refractivity contribution in [3.05, 3.63) is 18.5 Å². The monoisotopic (exact) mass is 315 g/mol. The molecule has 1 aromatic carbocycles. The van der Waals surface area contributed by atoms with Crippen LogP contribution < -0.4 is 15.4 Å². The van der Waals surface area contributed by atoms with Crippen LogP contribution in [0.5, 0.6) is 5.75 Å². The van der Waals surface area contributed by atoms with E-state index in [0.717, 1.165) is 55.1 Å². The highest BCUT2D eigenvalue weighted by Crippen LogP contribution is 2.43. The van der Waals surface area contributed by atoms with Gasteiger partial charge < -0.3 is 25.0 Å². The minimum atomic E-state index is -0.0927. The molecule has 2 aliphatic heterocycles. The number of benzene rings is 1. The van der Waals surface area contributed by atoms with Crippen molar-refractivity contribution in [1.29, 1.82) is 0 Å². The van der Waals surface area contributed by atoms with Gasteiger partial charge in [0, 0.05) is 13.1 Å². The Balaban J connectivity index is 1.72. The molecule has 0 unspecified atom stereocenters. The molecule has 0 amide bonds. The third-order valence-corrected chi connectivity index (χ3v) is 4.70. The minimum absolute atomic E-state index is 0.0927. The molecule has 23 heavy (non-hydrogen) atoms. The van der Waals surface area contributed by atoms with E-state index < -0.39 is 0 Å². The van der Waals surface area contributed by atoms with E-state index in [2.05, 4.69) is 26.8 Å². The lowest BCUT2D eigenvalue weighted by atomic mass is 9.90. The van der Waals surface area contributed by atoms with Crippen molar-refractivity contribution >= 4 is 22.4 Å². The summed E-state index contributed by atoms with van der Waals surface area (Å²) in [5.41, 5.74) is 7.82. The Bertz CT molecular complexity index is 745. The number of nitrogens with zero attached hydrogens (tertiary/aromatic N) is 4. The molecule has 122 valence electrons. The lowest BCUT2D eigenvalue weighted by Crippen LogP contribution is -2.70. The molecule has 3 heterocycles. The van der Waals surface area contributed by atoms with E-state index in [9.17, 15) is 0 Å². The molecule has 1 spiro atoms. The van der Waals surface area contributed by atoms with E-state index in [1.807, 2.05) is 12.1 Å². The second kappa shape index (κ2) is 5.21. The SMILES string of the molecule is COc1ccc2ncnc(N)c2c1N1CC2(CN(C)CCO2)C1. The van der Waals surface area contributed by atoms with Gasteiger partial charge in [-0.1, -0.05) is 0 Å². The van der Waals surface area contributed by atoms with E-state index >= 15 is 0 Å². The maximum absolute atomic E-state index is 6.12. The summed E-state index contributed by atoms with van der Waals surface area (Å²) in [7, 11) is 3.81. The van der Waals surface area contributed by atoms with Gasteiger partial charge in [-0.2, -0.15) is 0 Å². The smallest absolute Gasteiger partial charge is 0.143 e. The summed E-state index contributed by atoms with van der Waals surface area (Å²) in [4.78, 5) is 13.0. The van der Waals surface area contributed by atoms with Gasteiger partial charge in [0.15, 0.2) is 0 Å². The summed E-state index contributed by atoms with van der Waals surface area (Å²) in [5, 5.41) is 0.853. The van der Waals surface area contributed by atoms with Crippen molar-refractivity contribution in [2.45, 2.75) is 5.60 Å². The molecule has 0 radical (unpaired) electrons. The van der Waals surface area contributed by atoms with Crippen molar-refractivity contribution < 1.29 is 9.47 Å². The second-order valence-corrected chi connectivity index (χ2v) is 6.39. The van der Waals surface area contributed by atoms with Crippen LogP contribution in [0.4, 0.5) is 11.5 Å². The van der Waals surface area contributed by atoms with Crippen LogP contribution in [0.3, 0.4) is 0 Å². The molecule has 7 heteroatoms. The zero-order chi connectivity index (χ0) is 16.0. The zero-order valence-corrected chi connectivity index (χ0v) is 13.5. The maximum atomic E-state index is 6.12. The number of nitrogen functional groups attached to an aromatic ring is 1. The number of anilines is 2. The molecule has 2 aliphatic rings. The van der Waals surface area contributed by atoms with Gasteiger partial charge in [0.2, 0.25) is 0 Å². The summed E-state index contributed by atoms with van der Waals surface area (Å²) in [6, 6.07) is 3.85. The number of nitrogens with two attached hydrogens (primary N) is 1. The first-order valence-electron chi connectivity index (χ1n) is 7.76. The van der Waals surface area contributed by atoms with Gasteiger partial charge in [0.1, 0.15) is 23.5 Å². The van der Waals surface area contributed by atoms with Gasteiger partial charge in [-0.3, -0.25) is 0 Å². The minimum Gasteiger partial charge on any atom is -0.495 e. The predicted octanol–water partition coefficient (Wildman–Crippen LogP) is 0.741. The normalized spacial score (nSPS) is 20.7. The fraction of sp³-hybridized carbons (Fsp3) is 0.500. The number of fused-ring (bicyclic) bond motifs is 1. The number of rotatable bonds is 2. The van der Waals surface area contributed by atoms with Gasteiger partial charge in [-0.05, 0) is 19.2 Å². The van der Waals surface area contributed by atoms with E-state index in [1.54, 1.807) is 7.11 Å². The standard InChI is InChI=1S/C16H21N5O2/c1-20-5-6-23-16(7-20)8-21(9-16)14-12(22-2)4-3-11-13(14)15(17)19-10-18-11/h3-4,10H,5-9H2,1-2H3,(H2,17,18,19). The lowest BCUT2D eigenvalue weighted by molar-refractivity contribution is -0.117.